The molecule has 0 aliphatic carbocycles. The van der Waals surface area contributed by atoms with E-state index in [1.807, 2.05) is 0 Å². The monoisotopic (exact) mass is 284 g/mol. The van der Waals surface area contributed by atoms with Gasteiger partial charge in [-0.25, -0.2) is 4.39 Å². The van der Waals surface area contributed by atoms with Crippen LogP contribution in [-0.2, 0) is 6.42 Å². The summed E-state index contributed by atoms with van der Waals surface area (Å²) in [6.45, 7) is 0. The highest BCUT2D eigenvalue weighted by Gasteiger charge is 2.26. The van der Waals surface area contributed by atoms with Gasteiger partial charge in [0.25, 0.3) is 0 Å². The maximum atomic E-state index is 12.7. The highest BCUT2D eigenvalue weighted by molar-refractivity contribution is 6.31. The summed E-state index contributed by atoms with van der Waals surface area (Å²) in [6, 6.07) is 3.73. The Balaban J connectivity index is 2.42. The molecule has 1 nitrogen and oxygen atoms in total. The molecule has 0 saturated heterocycles. The normalized spacial score (nSPS) is 13.7. The van der Waals surface area contributed by atoms with Crippen LogP contribution in [0, 0.1) is 5.82 Å². The zero-order chi connectivity index (χ0) is 13.8. The SMILES string of the molecule is OC(CCCC(F)(F)F)Cc1ccc(F)cc1Cl. The van der Waals surface area contributed by atoms with Crippen LogP contribution in [0.4, 0.5) is 17.6 Å². The lowest BCUT2D eigenvalue weighted by atomic mass is 10.0. The van der Waals surface area contributed by atoms with E-state index in [9.17, 15) is 22.7 Å². The third-order valence-electron chi connectivity index (χ3n) is 2.47. The van der Waals surface area contributed by atoms with E-state index in [1.165, 1.54) is 12.1 Å². The molecule has 0 fully saturated rings. The van der Waals surface area contributed by atoms with E-state index in [0.717, 1.165) is 6.07 Å². The molecule has 1 aromatic carbocycles. The minimum Gasteiger partial charge on any atom is -0.393 e. The molecule has 18 heavy (non-hydrogen) atoms. The number of aliphatic hydroxyl groups excluding tert-OH is 1. The van der Waals surface area contributed by atoms with Crippen LogP contribution in [-0.4, -0.2) is 17.4 Å². The van der Waals surface area contributed by atoms with Crippen molar-refractivity contribution in [1.29, 1.82) is 0 Å². The average Bonchev–Trinajstić information content (AvgIpc) is 2.20. The van der Waals surface area contributed by atoms with Gasteiger partial charge in [0.2, 0.25) is 0 Å². The topological polar surface area (TPSA) is 20.2 Å². The van der Waals surface area contributed by atoms with E-state index in [-0.39, 0.29) is 24.3 Å². The van der Waals surface area contributed by atoms with Crippen LogP contribution in [0.3, 0.4) is 0 Å². The smallest absolute Gasteiger partial charge is 0.389 e. The Bertz CT molecular complexity index is 392. The third kappa shape index (κ3) is 5.69. The zero-order valence-electron chi connectivity index (χ0n) is 9.47. The summed E-state index contributed by atoms with van der Waals surface area (Å²) >= 11 is 5.75. The Hall–Kier alpha value is -0.810. The van der Waals surface area contributed by atoms with E-state index in [0.29, 0.717) is 5.56 Å². The van der Waals surface area contributed by atoms with Crippen molar-refractivity contribution >= 4 is 11.6 Å². The first-order chi connectivity index (χ1) is 8.28. The summed E-state index contributed by atoms with van der Waals surface area (Å²) in [7, 11) is 0. The quantitative estimate of drug-likeness (QED) is 0.807. The predicted octanol–water partition coefficient (Wildman–Crippen LogP) is 4.12. The fraction of sp³-hybridized carbons (Fsp3) is 0.500. The van der Waals surface area contributed by atoms with Crippen LogP contribution in [0.25, 0.3) is 0 Å². The number of hydrogen-bond acceptors (Lipinski definition) is 1. The summed E-state index contributed by atoms with van der Waals surface area (Å²) in [5.41, 5.74) is 0.526. The lowest BCUT2D eigenvalue weighted by molar-refractivity contribution is -0.136. The second-order valence-corrected chi connectivity index (χ2v) is 4.51. The number of halogens is 5. The van der Waals surface area contributed by atoms with Crippen molar-refractivity contribution < 1.29 is 22.7 Å². The third-order valence-corrected chi connectivity index (χ3v) is 2.82. The van der Waals surface area contributed by atoms with Gasteiger partial charge in [0.1, 0.15) is 5.82 Å². The fourth-order valence-corrected chi connectivity index (χ4v) is 1.83. The Kier molecular flexibility index (Phi) is 5.41. The van der Waals surface area contributed by atoms with E-state index in [2.05, 4.69) is 0 Å². The molecule has 0 heterocycles. The maximum Gasteiger partial charge on any atom is 0.389 e. The zero-order valence-corrected chi connectivity index (χ0v) is 10.2. The van der Waals surface area contributed by atoms with Crippen LogP contribution >= 0.6 is 11.6 Å². The Morgan fingerprint density at radius 3 is 2.50 bits per heavy atom. The second-order valence-electron chi connectivity index (χ2n) is 4.10. The van der Waals surface area contributed by atoms with Gasteiger partial charge in [-0.3, -0.25) is 0 Å². The van der Waals surface area contributed by atoms with Gasteiger partial charge in [0.15, 0.2) is 0 Å². The highest BCUT2D eigenvalue weighted by atomic mass is 35.5. The van der Waals surface area contributed by atoms with Crippen molar-refractivity contribution in [1.82, 2.24) is 0 Å². The Morgan fingerprint density at radius 1 is 1.28 bits per heavy atom. The van der Waals surface area contributed by atoms with Crippen molar-refractivity contribution in [2.75, 3.05) is 0 Å². The minimum atomic E-state index is -4.20. The van der Waals surface area contributed by atoms with Crippen LogP contribution < -0.4 is 0 Å². The second kappa shape index (κ2) is 6.38. The minimum absolute atomic E-state index is 0.0349. The summed E-state index contributed by atoms with van der Waals surface area (Å²) in [4.78, 5) is 0. The van der Waals surface area contributed by atoms with Crippen molar-refractivity contribution in [2.24, 2.45) is 0 Å². The molecule has 0 amide bonds. The number of rotatable bonds is 5. The van der Waals surface area contributed by atoms with E-state index >= 15 is 0 Å². The molecule has 0 bridgehead atoms. The van der Waals surface area contributed by atoms with E-state index in [1.54, 1.807) is 0 Å². The molecule has 1 atom stereocenters. The molecule has 1 rings (SSSR count). The molecular formula is C12H13ClF4O. The van der Waals surface area contributed by atoms with Crippen molar-refractivity contribution in [2.45, 2.75) is 38.0 Å². The van der Waals surface area contributed by atoms with E-state index < -0.39 is 24.5 Å². The van der Waals surface area contributed by atoms with Crippen LogP contribution in [0.2, 0.25) is 5.02 Å². The molecule has 0 saturated carbocycles. The molecule has 1 N–H and O–H groups in total. The summed E-state index contributed by atoms with van der Waals surface area (Å²) < 4.78 is 48.4. The number of alkyl halides is 3. The largest absolute Gasteiger partial charge is 0.393 e. The molecular weight excluding hydrogens is 272 g/mol. The lowest BCUT2D eigenvalue weighted by Gasteiger charge is -2.12. The molecule has 0 aromatic heterocycles. The van der Waals surface area contributed by atoms with Crippen LogP contribution in [0.1, 0.15) is 24.8 Å². The Labute approximate surface area is 107 Å². The lowest BCUT2D eigenvalue weighted by Crippen LogP contribution is -2.13. The fourth-order valence-electron chi connectivity index (χ4n) is 1.58. The molecule has 0 aliphatic rings. The maximum absolute atomic E-state index is 12.7. The Morgan fingerprint density at radius 2 is 1.94 bits per heavy atom. The number of hydrogen-bond donors (Lipinski definition) is 1. The number of benzene rings is 1. The van der Waals surface area contributed by atoms with Gasteiger partial charge in [0.05, 0.1) is 6.10 Å². The molecule has 102 valence electrons. The van der Waals surface area contributed by atoms with Gasteiger partial charge in [-0.15, -0.1) is 0 Å². The summed E-state index contributed by atoms with van der Waals surface area (Å²) in [5.74, 6) is -0.490. The highest BCUT2D eigenvalue weighted by Crippen LogP contribution is 2.24. The number of aliphatic hydroxyl groups is 1. The molecule has 1 aromatic rings. The standard InChI is InChI=1S/C12H13ClF4O/c13-11-7-9(14)4-3-8(11)6-10(18)2-1-5-12(15,16)17/h3-4,7,10,18H,1-2,5-6H2. The van der Waals surface area contributed by atoms with Crippen molar-refractivity contribution in [3.8, 4) is 0 Å². The molecule has 0 radical (unpaired) electrons. The van der Waals surface area contributed by atoms with Crippen molar-refractivity contribution in [3.63, 3.8) is 0 Å². The first kappa shape index (κ1) is 15.2. The summed E-state index contributed by atoms with van der Waals surface area (Å²) in [5, 5.41) is 9.74. The molecule has 6 heteroatoms. The average molecular weight is 285 g/mol. The summed E-state index contributed by atoms with van der Waals surface area (Å²) in [6.07, 6.45) is -6.00. The van der Waals surface area contributed by atoms with Gasteiger partial charge in [0, 0.05) is 11.4 Å². The first-order valence-corrected chi connectivity index (χ1v) is 5.84. The molecule has 0 aliphatic heterocycles. The predicted molar refractivity (Wildman–Crippen MR) is 61.0 cm³/mol. The van der Waals surface area contributed by atoms with Crippen LogP contribution in [0.5, 0.6) is 0 Å². The molecule has 1 unspecified atom stereocenters. The van der Waals surface area contributed by atoms with Gasteiger partial charge < -0.3 is 5.11 Å². The van der Waals surface area contributed by atoms with Gasteiger partial charge in [-0.05, 0) is 37.0 Å². The van der Waals surface area contributed by atoms with Crippen LogP contribution in [0.15, 0.2) is 18.2 Å². The van der Waals surface area contributed by atoms with Gasteiger partial charge in [-0.2, -0.15) is 13.2 Å². The van der Waals surface area contributed by atoms with Crippen molar-refractivity contribution in [3.05, 3.63) is 34.6 Å². The van der Waals surface area contributed by atoms with E-state index in [4.69, 9.17) is 11.6 Å². The van der Waals surface area contributed by atoms with Gasteiger partial charge >= 0.3 is 6.18 Å². The van der Waals surface area contributed by atoms with Gasteiger partial charge in [-0.1, -0.05) is 17.7 Å². The first-order valence-electron chi connectivity index (χ1n) is 5.46. The molecule has 0 spiro atoms.